The zero-order valence-electron chi connectivity index (χ0n) is 41.5. The molecule has 0 aromatic heterocycles. The van der Waals surface area contributed by atoms with Crippen molar-refractivity contribution in [2.45, 2.75) is 116 Å². The highest BCUT2D eigenvalue weighted by Crippen LogP contribution is 2.41. The van der Waals surface area contributed by atoms with Gasteiger partial charge in [-0.25, -0.2) is 0 Å². The van der Waals surface area contributed by atoms with Crippen LogP contribution in [0.25, 0.3) is 0 Å². The lowest BCUT2D eigenvalue weighted by Gasteiger charge is -2.35. The summed E-state index contributed by atoms with van der Waals surface area (Å²) in [6, 6.07) is 20.6. The quantitative estimate of drug-likeness (QED) is 0.0715. The predicted molar refractivity (Wildman–Crippen MR) is 271 cm³/mol. The van der Waals surface area contributed by atoms with E-state index in [1.54, 1.807) is 57.0 Å². The SMILES string of the molecule is COc1cc2c(cc1OCCCCCOc1cc3c(cc1C)C(=O)N1Cc4cc(O)ccc4C[C@H]1C(=O)N3COCC[Si](C)(C)C)N(COCC[Si](C)(C)C)C(=O)[C@@H]1Cc3ccccc3CN1C2=O. The van der Waals surface area contributed by atoms with Crippen LogP contribution >= 0.6 is 0 Å². The number of benzene rings is 4. The summed E-state index contributed by atoms with van der Waals surface area (Å²) in [7, 11) is -1.26. The topological polar surface area (TPSA) is 148 Å². The van der Waals surface area contributed by atoms with Gasteiger partial charge in [-0.1, -0.05) is 69.6 Å². The molecule has 69 heavy (non-hydrogen) atoms. The third-order valence-corrected chi connectivity index (χ3v) is 17.0. The van der Waals surface area contributed by atoms with Gasteiger partial charge >= 0.3 is 0 Å². The van der Waals surface area contributed by atoms with Crippen molar-refractivity contribution >= 4 is 51.2 Å². The molecule has 2 atom stereocenters. The van der Waals surface area contributed by atoms with Crippen LogP contribution in [0.5, 0.6) is 23.0 Å². The molecule has 0 saturated heterocycles. The lowest BCUT2D eigenvalue weighted by molar-refractivity contribution is -0.125. The number of hydrogen-bond acceptors (Lipinski definition) is 10. The van der Waals surface area contributed by atoms with Crippen LogP contribution in [0.15, 0.2) is 66.7 Å². The molecule has 0 unspecified atom stereocenters. The Hall–Kier alpha value is -5.69. The van der Waals surface area contributed by atoms with E-state index in [2.05, 4.69) is 39.3 Å². The summed E-state index contributed by atoms with van der Waals surface area (Å²) in [5.41, 5.74) is 6.29. The molecule has 0 radical (unpaired) electrons. The van der Waals surface area contributed by atoms with Gasteiger partial charge in [-0.2, -0.15) is 0 Å². The monoisotopic (exact) mass is 976 g/mol. The average molecular weight is 977 g/mol. The standard InChI is InChI=1S/C53H68N4O10Si2/c1-35-24-41-43(56(33-64-20-22-68(3,4)5)53(62)46-27-37-16-17-40(58)25-39(37)32-55(46)50(41)59)29-47(35)66-18-12-9-13-19-67-49-30-44-42(28-48(49)63-2)51(60)54-31-38-15-11-10-14-36(38)26-45(54)52(61)57(44)34-65-21-23-69(6,7)8/h10-11,14-17,24-25,28-30,45-46,58H,9,12-13,18-23,26-27,31-34H2,1-8H3/t45-,46-/m0/s1. The molecule has 0 bridgehead atoms. The summed E-state index contributed by atoms with van der Waals surface area (Å²) >= 11 is 0. The van der Waals surface area contributed by atoms with Gasteiger partial charge in [0.15, 0.2) is 11.5 Å². The summed E-state index contributed by atoms with van der Waals surface area (Å²) in [5, 5.41) is 10.2. The molecular weight excluding hydrogens is 909 g/mol. The average Bonchev–Trinajstić information content (AvgIpc) is 3.43. The van der Waals surface area contributed by atoms with Gasteiger partial charge in [-0.05, 0) is 90.4 Å². The molecule has 1 N–H and O–H groups in total. The minimum absolute atomic E-state index is 0.0127. The highest BCUT2D eigenvalue weighted by molar-refractivity contribution is 6.76. The van der Waals surface area contributed by atoms with Crippen molar-refractivity contribution in [1.82, 2.24) is 9.80 Å². The molecule has 0 saturated carbocycles. The van der Waals surface area contributed by atoms with Gasteiger partial charge in [-0.3, -0.25) is 29.0 Å². The Kier molecular flexibility index (Phi) is 14.9. The van der Waals surface area contributed by atoms with Crippen LogP contribution in [0.4, 0.5) is 11.4 Å². The van der Waals surface area contributed by atoms with Gasteiger partial charge in [0.05, 0.1) is 42.8 Å². The van der Waals surface area contributed by atoms with E-state index >= 15 is 0 Å². The summed E-state index contributed by atoms with van der Waals surface area (Å²) < 4.78 is 30.9. The van der Waals surface area contributed by atoms with Gasteiger partial charge in [0, 0.05) is 67.4 Å². The molecule has 16 heteroatoms. The lowest BCUT2D eigenvalue weighted by Crippen LogP contribution is -2.51. The van der Waals surface area contributed by atoms with Crippen LogP contribution in [-0.2, 0) is 45.0 Å². The number of anilines is 2. The first-order valence-electron chi connectivity index (χ1n) is 24.3. The molecule has 14 nitrogen and oxygen atoms in total. The number of fused-ring (bicyclic) bond motifs is 6. The number of hydrogen-bond donors (Lipinski definition) is 1. The summed E-state index contributed by atoms with van der Waals surface area (Å²) in [5.74, 6) is 0.645. The van der Waals surface area contributed by atoms with Crippen LogP contribution in [0.1, 0.15) is 67.8 Å². The van der Waals surface area contributed by atoms with Crippen molar-refractivity contribution < 1.29 is 48.0 Å². The van der Waals surface area contributed by atoms with Crippen molar-refractivity contribution in [3.63, 3.8) is 0 Å². The number of ether oxygens (including phenoxy) is 5. The number of phenols is 1. The number of carbonyl (C=O) groups excluding carboxylic acids is 4. The highest BCUT2D eigenvalue weighted by atomic mass is 28.3. The smallest absolute Gasteiger partial charge is 0.257 e. The molecule has 4 aromatic carbocycles. The predicted octanol–water partition coefficient (Wildman–Crippen LogP) is 8.79. The fourth-order valence-electron chi connectivity index (χ4n) is 9.39. The maximum atomic E-state index is 14.5. The number of unbranched alkanes of at least 4 members (excludes halogenated alkanes) is 2. The number of aryl methyl sites for hydroxylation is 1. The van der Waals surface area contributed by atoms with E-state index in [9.17, 15) is 24.3 Å². The summed E-state index contributed by atoms with van der Waals surface area (Å²) in [6.07, 6.45) is 2.92. The third kappa shape index (κ3) is 11.2. The molecule has 4 aliphatic heterocycles. The number of carbonyl (C=O) groups is 4. The second-order valence-electron chi connectivity index (χ2n) is 21.2. The molecular formula is C53H68N4O10Si2. The Labute approximate surface area is 408 Å². The summed E-state index contributed by atoms with van der Waals surface area (Å²) in [4.78, 5) is 64.2. The maximum absolute atomic E-state index is 14.5. The van der Waals surface area contributed by atoms with E-state index in [1.807, 2.05) is 43.3 Å². The molecule has 0 spiro atoms. The second-order valence-corrected chi connectivity index (χ2v) is 32.4. The van der Waals surface area contributed by atoms with Crippen molar-refractivity contribution in [2.75, 3.05) is 56.8 Å². The van der Waals surface area contributed by atoms with Gasteiger partial charge in [-0.15, -0.1) is 0 Å². The van der Waals surface area contributed by atoms with Gasteiger partial charge in [0.1, 0.15) is 37.0 Å². The third-order valence-electron chi connectivity index (χ3n) is 13.5. The first kappa shape index (κ1) is 49.7. The number of amides is 4. The Balaban J connectivity index is 0.937. The largest absolute Gasteiger partial charge is 0.508 e. The van der Waals surface area contributed by atoms with Crippen LogP contribution in [0.2, 0.25) is 51.4 Å². The Morgan fingerprint density at radius 1 is 0.580 bits per heavy atom. The molecule has 368 valence electrons. The Morgan fingerprint density at radius 2 is 1.09 bits per heavy atom. The Morgan fingerprint density at radius 3 is 1.65 bits per heavy atom. The van der Waals surface area contributed by atoms with Crippen LogP contribution in [0, 0.1) is 6.92 Å². The zero-order chi connectivity index (χ0) is 49.2. The summed E-state index contributed by atoms with van der Waals surface area (Å²) in [6.45, 7) is 17.9. The van der Waals surface area contributed by atoms with Gasteiger partial charge in [0.2, 0.25) is 0 Å². The van der Waals surface area contributed by atoms with Crippen molar-refractivity contribution in [2.24, 2.45) is 0 Å². The van der Waals surface area contributed by atoms with Crippen LogP contribution in [-0.4, -0.2) is 114 Å². The Bertz CT molecular complexity index is 2590. The highest BCUT2D eigenvalue weighted by Gasteiger charge is 2.44. The van der Waals surface area contributed by atoms with Crippen molar-refractivity contribution in [3.8, 4) is 23.0 Å². The fourth-order valence-corrected chi connectivity index (χ4v) is 10.9. The molecule has 0 fully saturated rings. The molecule has 4 heterocycles. The van der Waals surface area contributed by atoms with E-state index in [-0.39, 0.29) is 49.4 Å². The van der Waals surface area contributed by atoms with Crippen molar-refractivity contribution in [3.05, 3.63) is 106 Å². The van der Waals surface area contributed by atoms with Gasteiger partial charge in [0.25, 0.3) is 23.6 Å². The van der Waals surface area contributed by atoms with E-state index in [0.29, 0.717) is 98.4 Å². The maximum Gasteiger partial charge on any atom is 0.257 e. The van der Waals surface area contributed by atoms with E-state index in [4.69, 9.17) is 23.7 Å². The fraction of sp³-hybridized carbons (Fsp3) is 0.472. The number of rotatable bonds is 19. The van der Waals surface area contributed by atoms with Crippen LogP contribution < -0.4 is 24.0 Å². The van der Waals surface area contributed by atoms with E-state index < -0.39 is 28.2 Å². The van der Waals surface area contributed by atoms with Crippen molar-refractivity contribution in [1.29, 1.82) is 0 Å². The molecule has 4 aromatic rings. The number of methoxy groups -OCH3 is 1. The number of phenolic OH excluding ortho intramolecular Hbond substituents is 1. The molecule has 4 amide bonds. The minimum Gasteiger partial charge on any atom is -0.508 e. The van der Waals surface area contributed by atoms with E-state index in [0.717, 1.165) is 46.3 Å². The molecule has 0 aliphatic carbocycles. The normalized spacial score (nSPS) is 17.9. The first-order chi connectivity index (χ1) is 32.9. The van der Waals surface area contributed by atoms with E-state index in [1.165, 1.54) is 0 Å². The van der Waals surface area contributed by atoms with Gasteiger partial charge < -0.3 is 38.6 Å². The molecule has 8 rings (SSSR count). The number of aromatic hydroxyl groups is 1. The minimum atomic E-state index is -1.40. The zero-order valence-corrected chi connectivity index (χ0v) is 43.5. The lowest BCUT2D eigenvalue weighted by atomic mass is 9.93. The first-order valence-corrected chi connectivity index (χ1v) is 31.7. The number of nitrogens with zero attached hydrogens (tertiary/aromatic N) is 4. The second kappa shape index (κ2) is 20.7. The molecule has 4 aliphatic rings. The van der Waals surface area contributed by atoms with Crippen LogP contribution in [0.3, 0.4) is 0 Å².